The Labute approximate surface area is 117 Å². The van der Waals surface area contributed by atoms with Gasteiger partial charge in [-0.1, -0.05) is 20.4 Å². The average Bonchev–Trinajstić information content (AvgIpc) is 2.27. The molecule has 4 nitrogen and oxygen atoms in total. The highest BCUT2D eigenvalue weighted by molar-refractivity contribution is 4.75. The van der Waals surface area contributed by atoms with Crippen LogP contribution in [0.2, 0.25) is 0 Å². The van der Waals surface area contributed by atoms with Crippen molar-refractivity contribution in [2.24, 2.45) is 11.8 Å². The molecule has 0 aliphatic heterocycles. The Bertz CT molecular complexity index is 242. The van der Waals surface area contributed by atoms with Crippen molar-refractivity contribution in [2.45, 2.75) is 71.4 Å². The van der Waals surface area contributed by atoms with Crippen molar-refractivity contribution < 1.29 is 20.1 Å². The molecular weight excluding hydrogens is 244 g/mol. The van der Waals surface area contributed by atoms with Crippen molar-refractivity contribution in [3.05, 3.63) is 12.8 Å². The Morgan fingerprint density at radius 1 is 0.895 bits per heavy atom. The molecule has 0 heterocycles. The number of aliphatic hydroxyl groups is 3. The zero-order valence-corrected chi connectivity index (χ0v) is 12.6. The first kappa shape index (κ1) is 18.4. The van der Waals surface area contributed by atoms with E-state index in [0.29, 0.717) is 19.3 Å². The third-order valence-corrected chi connectivity index (χ3v) is 3.54. The SMILES string of the molecule is C=COC(C)CC(O)C(C)CC(O)C(C)CC(C)O. The van der Waals surface area contributed by atoms with Crippen molar-refractivity contribution in [2.75, 3.05) is 0 Å². The predicted octanol–water partition coefficient (Wildman–Crippen LogP) is 2.08. The molecule has 4 heteroatoms. The highest BCUT2D eigenvalue weighted by Crippen LogP contribution is 2.22. The van der Waals surface area contributed by atoms with Gasteiger partial charge >= 0.3 is 0 Å². The number of aliphatic hydroxyl groups excluding tert-OH is 3. The van der Waals surface area contributed by atoms with E-state index in [4.69, 9.17) is 4.74 Å². The van der Waals surface area contributed by atoms with Crippen LogP contribution in [-0.4, -0.2) is 39.7 Å². The van der Waals surface area contributed by atoms with E-state index in [-0.39, 0.29) is 17.9 Å². The van der Waals surface area contributed by atoms with Crippen molar-refractivity contribution in [3.63, 3.8) is 0 Å². The van der Waals surface area contributed by atoms with Crippen molar-refractivity contribution in [1.82, 2.24) is 0 Å². The number of hydrogen-bond acceptors (Lipinski definition) is 4. The fraction of sp³-hybridized carbons (Fsp3) is 0.867. The smallest absolute Gasteiger partial charge is 0.0974 e. The van der Waals surface area contributed by atoms with Crippen LogP contribution in [0.5, 0.6) is 0 Å². The van der Waals surface area contributed by atoms with Gasteiger partial charge in [-0.15, -0.1) is 0 Å². The summed E-state index contributed by atoms with van der Waals surface area (Å²) >= 11 is 0. The molecule has 0 radical (unpaired) electrons. The molecular formula is C15H30O4. The fourth-order valence-corrected chi connectivity index (χ4v) is 2.26. The lowest BCUT2D eigenvalue weighted by atomic mass is 9.87. The number of ether oxygens (including phenoxy) is 1. The third-order valence-electron chi connectivity index (χ3n) is 3.54. The summed E-state index contributed by atoms with van der Waals surface area (Å²) in [5, 5.41) is 29.4. The fourth-order valence-electron chi connectivity index (χ4n) is 2.26. The molecule has 0 saturated heterocycles. The number of rotatable bonds is 10. The molecule has 114 valence electrons. The summed E-state index contributed by atoms with van der Waals surface area (Å²) in [6, 6.07) is 0. The van der Waals surface area contributed by atoms with Gasteiger partial charge in [-0.3, -0.25) is 0 Å². The van der Waals surface area contributed by atoms with Crippen LogP contribution in [0.25, 0.3) is 0 Å². The van der Waals surface area contributed by atoms with E-state index in [0.717, 1.165) is 0 Å². The van der Waals surface area contributed by atoms with Gasteiger partial charge in [0.2, 0.25) is 0 Å². The molecule has 19 heavy (non-hydrogen) atoms. The van der Waals surface area contributed by atoms with Gasteiger partial charge in [0.25, 0.3) is 0 Å². The zero-order chi connectivity index (χ0) is 15.0. The Morgan fingerprint density at radius 2 is 1.37 bits per heavy atom. The molecule has 0 aromatic heterocycles. The molecule has 0 saturated carbocycles. The van der Waals surface area contributed by atoms with Gasteiger partial charge < -0.3 is 20.1 Å². The van der Waals surface area contributed by atoms with E-state index in [2.05, 4.69) is 6.58 Å². The average molecular weight is 274 g/mol. The van der Waals surface area contributed by atoms with Crippen LogP contribution in [0, 0.1) is 11.8 Å². The molecule has 0 amide bonds. The van der Waals surface area contributed by atoms with Gasteiger partial charge in [0, 0.05) is 6.42 Å². The topological polar surface area (TPSA) is 69.9 Å². The second-order valence-electron chi connectivity index (χ2n) is 5.76. The minimum atomic E-state index is -0.511. The summed E-state index contributed by atoms with van der Waals surface area (Å²) in [7, 11) is 0. The lowest BCUT2D eigenvalue weighted by Gasteiger charge is -2.27. The maximum atomic E-state index is 10.1. The van der Waals surface area contributed by atoms with Gasteiger partial charge in [0.05, 0.1) is 30.7 Å². The molecule has 0 aromatic rings. The Hall–Kier alpha value is -0.580. The summed E-state index contributed by atoms with van der Waals surface area (Å²) in [4.78, 5) is 0. The van der Waals surface area contributed by atoms with E-state index in [1.54, 1.807) is 6.92 Å². The molecule has 0 aliphatic carbocycles. The standard InChI is InChI=1S/C15H30O4/c1-6-19-13(5)9-15(18)11(3)8-14(17)10(2)7-12(4)16/h6,10-18H,1,7-9H2,2-5H3. The van der Waals surface area contributed by atoms with Gasteiger partial charge in [-0.2, -0.15) is 0 Å². The lowest BCUT2D eigenvalue weighted by molar-refractivity contribution is 0.0102. The van der Waals surface area contributed by atoms with Gasteiger partial charge in [-0.25, -0.2) is 0 Å². The first-order chi connectivity index (χ1) is 8.77. The van der Waals surface area contributed by atoms with Gasteiger partial charge in [-0.05, 0) is 38.5 Å². The van der Waals surface area contributed by atoms with E-state index < -0.39 is 18.3 Å². The quantitative estimate of drug-likeness (QED) is 0.533. The second kappa shape index (κ2) is 9.34. The van der Waals surface area contributed by atoms with Crippen LogP contribution in [0.15, 0.2) is 12.8 Å². The summed E-state index contributed by atoms with van der Waals surface area (Å²) < 4.78 is 5.18. The largest absolute Gasteiger partial charge is 0.499 e. The van der Waals surface area contributed by atoms with E-state index in [9.17, 15) is 15.3 Å². The van der Waals surface area contributed by atoms with E-state index >= 15 is 0 Å². The van der Waals surface area contributed by atoms with Crippen LogP contribution in [0.3, 0.4) is 0 Å². The van der Waals surface area contributed by atoms with Crippen molar-refractivity contribution in [1.29, 1.82) is 0 Å². The highest BCUT2D eigenvalue weighted by Gasteiger charge is 2.24. The first-order valence-corrected chi connectivity index (χ1v) is 7.08. The van der Waals surface area contributed by atoms with Crippen LogP contribution >= 0.6 is 0 Å². The predicted molar refractivity (Wildman–Crippen MR) is 76.6 cm³/mol. The molecule has 0 aliphatic rings. The van der Waals surface area contributed by atoms with Crippen LogP contribution in [0.4, 0.5) is 0 Å². The Kier molecular flexibility index (Phi) is 9.06. The first-order valence-electron chi connectivity index (χ1n) is 7.08. The molecule has 0 bridgehead atoms. The minimum Gasteiger partial charge on any atom is -0.499 e. The Morgan fingerprint density at radius 3 is 1.84 bits per heavy atom. The Balaban J connectivity index is 4.12. The maximum Gasteiger partial charge on any atom is 0.0974 e. The number of hydrogen-bond donors (Lipinski definition) is 3. The highest BCUT2D eigenvalue weighted by atomic mass is 16.5. The molecule has 3 N–H and O–H groups in total. The summed E-state index contributed by atoms with van der Waals surface area (Å²) in [6.07, 6.45) is 1.48. The van der Waals surface area contributed by atoms with E-state index in [1.807, 2.05) is 20.8 Å². The molecule has 0 spiro atoms. The van der Waals surface area contributed by atoms with Gasteiger partial charge in [0.1, 0.15) is 0 Å². The summed E-state index contributed by atoms with van der Waals surface area (Å²) in [5.74, 6) is 0.0128. The zero-order valence-electron chi connectivity index (χ0n) is 12.6. The van der Waals surface area contributed by atoms with Crippen LogP contribution in [-0.2, 0) is 4.74 Å². The summed E-state index contributed by atoms with van der Waals surface area (Å²) in [6.45, 7) is 10.9. The maximum absolute atomic E-state index is 10.1. The van der Waals surface area contributed by atoms with Crippen LogP contribution < -0.4 is 0 Å². The second-order valence-corrected chi connectivity index (χ2v) is 5.76. The van der Waals surface area contributed by atoms with Gasteiger partial charge in [0.15, 0.2) is 0 Å². The lowest BCUT2D eigenvalue weighted by Crippen LogP contribution is -2.30. The van der Waals surface area contributed by atoms with Crippen LogP contribution in [0.1, 0.15) is 47.0 Å². The molecule has 0 fully saturated rings. The molecule has 6 unspecified atom stereocenters. The van der Waals surface area contributed by atoms with Crippen molar-refractivity contribution >= 4 is 0 Å². The molecule has 0 rings (SSSR count). The molecule has 6 atom stereocenters. The summed E-state index contributed by atoms with van der Waals surface area (Å²) in [5.41, 5.74) is 0. The third kappa shape index (κ3) is 8.24. The monoisotopic (exact) mass is 274 g/mol. The minimum absolute atomic E-state index is 0.0117. The van der Waals surface area contributed by atoms with E-state index in [1.165, 1.54) is 6.26 Å². The normalized spacial score (nSPS) is 21.0. The molecule has 0 aromatic carbocycles. The van der Waals surface area contributed by atoms with Crippen molar-refractivity contribution in [3.8, 4) is 0 Å².